The summed E-state index contributed by atoms with van der Waals surface area (Å²) in [4.78, 5) is 25.5. The standard InChI is InChI=1S/C16H16ClF3N2O5/c1-26-15(25)10-7-22(4-5-23)14(24)13(10)21-9-2-3-12(11(17)6-9)27-8-16(18,19)20/h2-3,6,21,23H,4-5,7-8H2,1H3. The predicted octanol–water partition coefficient (Wildman–Crippen LogP) is 1.95. The van der Waals surface area contributed by atoms with Crippen LogP contribution in [0.2, 0.25) is 5.02 Å². The number of halogens is 4. The summed E-state index contributed by atoms with van der Waals surface area (Å²) in [7, 11) is 1.16. The molecule has 1 aliphatic rings. The molecule has 27 heavy (non-hydrogen) atoms. The first-order valence-corrected chi connectivity index (χ1v) is 8.01. The first kappa shape index (κ1) is 20.8. The number of anilines is 1. The number of carbonyl (C=O) groups is 2. The van der Waals surface area contributed by atoms with Crippen LogP contribution in [-0.4, -0.2) is 61.5 Å². The second kappa shape index (κ2) is 8.49. The first-order chi connectivity index (χ1) is 12.7. The lowest BCUT2D eigenvalue weighted by molar-refractivity contribution is -0.153. The fourth-order valence-electron chi connectivity index (χ4n) is 2.35. The number of methoxy groups -OCH3 is 1. The quantitative estimate of drug-likeness (QED) is 0.671. The maximum absolute atomic E-state index is 12.4. The van der Waals surface area contributed by atoms with Gasteiger partial charge >= 0.3 is 12.1 Å². The number of alkyl halides is 3. The number of aliphatic hydroxyl groups excluding tert-OH is 1. The molecule has 1 heterocycles. The summed E-state index contributed by atoms with van der Waals surface area (Å²) in [5.41, 5.74) is 0.259. The minimum atomic E-state index is -4.51. The molecule has 2 rings (SSSR count). The zero-order chi connectivity index (χ0) is 20.2. The van der Waals surface area contributed by atoms with Gasteiger partial charge in [-0.2, -0.15) is 13.2 Å². The first-order valence-electron chi connectivity index (χ1n) is 7.64. The molecule has 11 heteroatoms. The number of carbonyl (C=O) groups excluding carboxylic acids is 2. The Bertz CT molecular complexity index is 767. The van der Waals surface area contributed by atoms with Crippen LogP contribution < -0.4 is 10.1 Å². The highest BCUT2D eigenvalue weighted by Gasteiger charge is 2.34. The fraction of sp³-hybridized carbons (Fsp3) is 0.375. The van der Waals surface area contributed by atoms with E-state index in [1.165, 1.54) is 23.1 Å². The smallest absolute Gasteiger partial charge is 0.422 e. The van der Waals surface area contributed by atoms with E-state index in [1.807, 2.05) is 0 Å². The van der Waals surface area contributed by atoms with Gasteiger partial charge in [-0.25, -0.2) is 4.79 Å². The molecule has 0 aromatic heterocycles. The highest BCUT2D eigenvalue weighted by Crippen LogP contribution is 2.31. The molecule has 0 bridgehead atoms. The van der Waals surface area contributed by atoms with E-state index in [0.29, 0.717) is 0 Å². The van der Waals surface area contributed by atoms with Crippen molar-refractivity contribution in [3.8, 4) is 5.75 Å². The Morgan fingerprint density at radius 1 is 1.41 bits per heavy atom. The number of aliphatic hydroxyl groups is 1. The molecule has 1 aromatic carbocycles. The molecule has 2 N–H and O–H groups in total. The number of esters is 1. The Morgan fingerprint density at radius 2 is 2.11 bits per heavy atom. The predicted molar refractivity (Wildman–Crippen MR) is 89.3 cm³/mol. The van der Waals surface area contributed by atoms with Crippen molar-refractivity contribution in [2.24, 2.45) is 0 Å². The van der Waals surface area contributed by atoms with Crippen LogP contribution in [0.25, 0.3) is 0 Å². The second-order valence-corrected chi connectivity index (χ2v) is 5.88. The molecule has 0 atom stereocenters. The molecule has 1 amide bonds. The summed E-state index contributed by atoms with van der Waals surface area (Å²) in [5, 5.41) is 11.6. The number of nitrogens with one attached hydrogen (secondary N) is 1. The van der Waals surface area contributed by atoms with Crippen molar-refractivity contribution in [1.82, 2.24) is 4.90 Å². The van der Waals surface area contributed by atoms with Crippen LogP contribution in [-0.2, 0) is 14.3 Å². The van der Waals surface area contributed by atoms with Gasteiger partial charge in [0.1, 0.15) is 11.4 Å². The van der Waals surface area contributed by atoms with Gasteiger partial charge in [-0.3, -0.25) is 4.79 Å². The van der Waals surface area contributed by atoms with E-state index in [4.69, 9.17) is 16.7 Å². The van der Waals surface area contributed by atoms with E-state index in [9.17, 15) is 22.8 Å². The topological polar surface area (TPSA) is 88.1 Å². The summed E-state index contributed by atoms with van der Waals surface area (Å²) in [6.45, 7) is -1.80. The largest absolute Gasteiger partial charge is 0.483 e. The SMILES string of the molecule is COC(=O)C1=C(Nc2ccc(OCC(F)(F)F)c(Cl)c2)C(=O)N(CCO)C1. The van der Waals surface area contributed by atoms with Crippen LogP contribution in [0.15, 0.2) is 29.5 Å². The molecule has 0 unspecified atom stereocenters. The lowest BCUT2D eigenvalue weighted by atomic mass is 10.2. The lowest BCUT2D eigenvalue weighted by Gasteiger charge is -2.15. The number of ether oxygens (including phenoxy) is 2. The minimum Gasteiger partial charge on any atom is -0.483 e. The van der Waals surface area contributed by atoms with Gasteiger partial charge in [0.05, 0.1) is 30.9 Å². The second-order valence-electron chi connectivity index (χ2n) is 5.47. The molecule has 0 radical (unpaired) electrons. The molecule has 0 saturated carbocycles. The van der Waals surface area contributed by atoms with Gasteiger partial charge in [0.15, 0.2) is 6.61 Å². The molecular formula is C16H16ClF3N2O5. The van der Waals surface area contributed by atoms with Crippen molar-refractivity contribution >= 4 is 29.2 Å². The van der Waals surface area contributed by atoms with Gasteiger partial charge < -0.3 is 24.8 Å². The third kappa shape index (κ3) is 5.27. The Kier molecular flexibility index (Phi) is 6.55. The number of hydrogen-bond donors (Lipinski definition) is 2. The molecule has 1 aliphatic heterocycles. The molecular weight excluding hydrogens is 393 g/mol. The van der Waals surface area contributed by atoms with Crippen LogP contribution in [0.3, 0.4) is 0 Å². The fourth-order valence-corrected chi connectivity index (χ4v) is 2.58. The monoisotopic (exact) mass is 408 g/mol. The number of nitrogens with zero attached hydrogens (tertiary/aromatic N) is 1. The summed E-state index contributed by atoms with van der Waals surface area (Å²) in [5.74, 6) is -1.43. The number of hydrogen-bond acceptors (Lipinski definition) is 6. The summed E-state index contributed by atoms with van der Waals surface area (Å²) in [6.07, 6.45) is -4.51. The minimum absolute atomic E-state index is 0.0233. The normalized spacial score (nSPS) is 14.6. The average molecular weight is 409 g/mol. The van der Waals surface area contributed by atoms with Crippen LogP contribution >= 0.6 is 11.6 Å². The highest BCUT2D eigenvalue weighted by atomic mass is 35.5. The Morgan fingerprint density at radius 3 is 2.67 bits per heavy atom. The number of benzene rings is 1. The summed E-state index contributed by atoms with van der Waals surface area (Å²) in [6, 6.07) is 3.82. The van der Waals surface area contributed by atoms with Crippen LogP contribution in [0.4, 0.5) is 18.9 Å². The van der Waals surface area contributed by atoms with Crippen molar-refractivity contribution in [3.63, 3.8) is 0 Å². The maximum atomic E-state index is 12.4. The zero-order valence-corrected chi connectivity index (χ0v) is 14.9. The van der Waals surface area contributed by atoms with E-state index in [2.05, 4.69) is 14.8 Å². The van der Waals surface area contributed by atoms with Gasteiger partial charge in [-0.1, -0.05) is 11.6 Å². The van der Waals surface area contributed by atoms with Crippen LogP contribution in [0.5, 0.6) is 5.75 Å². The molecule has 7 nitrogen and oxygen atoms in total. The van der Waals surface area contributed by atoms with Gasteiger partial charge in [-0.15, -0.1) is 0 Å². The Labute approximate surface area is 157 Å². The lowest BCUT2D eigenvalue weighted by Crippen LogP contribution is -2.31. The molecule has 0 aliphatic carbocycles. The van der Waals surface area contributed by atoms with E-state index < -0.39 is 24.7 Å². The van der Waals surface area contributed by atoms with Gasteiger partial charge in [-0.05, 0) is 18.2 Å². The molecule has 0 fully saturated rings. The van der Waals surface area contributed by atoms with Crippen LogP contribution in [0.1, 0.15) is 0 Å². The zero-order valence-electron chi connectivity index (χ0n) is 14.1. The van der Waals surface area contributed by atoms with E-state index in [0.717, 1.165) is 7.11 Å². The molecule has 0 spiro atoms. The van der Waals surface area contributed by atoms with E-state index in [1.54, 1.807) is 0 Å². The highest BCUT2D eigenvalue weighted by molar-refractivity contribution is 6.32. The van der Waals surface area contributed by atoms with Gasteiger partial charge in [0.2, 0.25) is 0 Å². The third-order valence-electron chi connectivity index (χ3n) is 3.55. The van der Waals surface area contributed by atoms with Crippen LogP contribution in [0, 0.1) is 0 Å². The molecule has 1 aromatic rings. The van der Waals surface area contributed by atoms with Crippen molar-refractivity contribution in [2.75, 3.05) is 38.7 Å². The summed E-state index contributed by atoms with van der Waals surface area (Å²) < 4.78 is 45.9. The van der Waals surface area contributed by atoms with E-state index >= 15 is 0 Å². The summed E-state index contributed by atoms with van der Waals surface area (Å²) >= 11 is 5.92. The Hall–Kier alpha value is -2.46. The van der Waals surface area contributed by atoms with Crippen molar-refractivity contribution in [1.29, 1.82) is 0 Å². The Balaban J connectivity index is 2.21. The van der Waals surface area contributed by atoms with E-state index in [-0.39, 0.29) is 47.4 Å². The van der Waals surface area contributed by atoms with Crippen molar-refractivity contribution in [3.05, 3.63) is 34.5 Å². The van der Waals surface area contributed by atoms with Crippen molar-refractivity contribution < 1.29 is 37.3 Å². The third-order valence-corrected chi connectivity index (χ3v) is 3.84. The molecule has 148 valence electrons. The van der Waals surface area contributed by atoms with Crippen molar-refractivity contribution in [2.45, 2.75) is 6.18 Å². The number of amides is 1. The van der Waals surface area contributed by atoms with Gasteiger partial charge in [0.25, 0.3) is 5.91 Å². The number of β-amino-alcohol motifs (C(OH)–C–C–N with tert-alkyl or cyclic N) is 1. The maximum Gasteiger partial charge on any atom is 0.422 e. The molecule has 0 saturated heterocycles. The van der Waals surface area contributed by atoms with Gasteiger partial charge in [0, 0.05) is 12.2 Å². The number of rotatable bonds is 7. The average Bonchev–Trinajstić information content (AvgIpc) is 2.89.